The van der Waals surface area contributed by atoms with E-state index in [0.717, 1.165) is 18.4 Å². The van der Waals surface area contributed by atoms with E-state index in [-0.39, 0.29) is 0 Å². The van der Waals surface area contributed by atoms with Crippen LogP contribution in [0.2, 0.25) is 0 Å². The van der Waals surface area contributed by atoms with Crippen LogP contribution in [-0.4, -0.2) is 5.11 Å². The summed E-state index contributed by atoms with van der Waals surface area (Å²) in [5.41, 5.74) is 3.52. The van der Waals surface area contributed by atoms with Crippen molar-refractivity contribution in [2.75, 3.05) is 0 Å². The minimum Gasteiger partial charge on any atom is -0.512 e. The average Bonchev–Trinajstić information content (AvgIpc) is 2.28. The molecule has 1 N–H and O–H groups in total. The molecule has 0 radical (unpaired) electrons. The number of allylic oxidation sites excluding steroid dienone is 7. The van der Waals surface area contributed by atoms with Gasteiger partial charge in [0.2, 0.25) is 0 Å². The summed E-state index contributed by atoms with van der Waals surface area (Å²) in [4.78, 5) is 0. The fourth-order valence-electron chi connectivity index (χ4n) is 2.71. The number of aliphatic hydroxyl groups is 1. The van der Waals surface area contributed by atoms with Gasteiger partial charge in [0.05, 0.1) is 5.76 Å². The lowest BCUT2D eigenvalue weighted by Gasteiger charge is -2.30. The number of aliphatic hydroxyl groups excluding tert-OH is 1. The van der Waals surface area contributed by atoms with Crippen LogP contribution in [0, 0.1) is 24.2 Å². The highest BCUT2D eigenvalue weighted by atomic mass is 16.3. The fraction of sp³-hybridized carbons (Fsp3) is 0.444. The first kappa shape index (κ1) is 15.4. The fourth-order valence-corrected chi connectivity index (χ4v) is 2.71. The molecule has 0 bridgehead atoms. The van der Waals surface area contributed by atoms with Gasteiger partial charge in [0.1, 0.15) is 0 Å². The molecule has 1 aliphatic rings. The van der Waals surface area contributed by atoms with Crippen LogP contribution in [0.5, 0.6) is 0 Å². The van der Waals surface area contributed by atoms with Crippen LogP contribution in [0.1, 0.15) is 40.0 Å². The molecule has 1 nitrogen and oxygen atoms in total. The van der Waals surface area contributed by atoms with Crippen LogP contribution in [0.25, 0.3) is 0 Å². The molecule has 0 aromatic heterocycles. The summed E-state index contributed by atoms with van der Waals surface area (Å²) >= 11 is 0. The van der Waals surface area contributed by atoms with Gasteiger partial charge in [0, 0.05) is 6.42 Å². The van der Waals surface area contributed by atoms with Crippen molar-refractivity contribution in [2.45, 2.75) is 40.0 Å². The van der Waals surface area contributed by atoms with Crippen molar-refractivity contribution < 1.29 is 5.11 Å². The van der Waals surface area contributed by atoms with Crippen LogP contribution in [0.4, 0.5) is 0 Å². The first-order valence-electron chi connectivity index (χ1n) is 6.79. The van der Waals surface area contributed by atoms with Crippen molar-refractivity contribution in [3.63, 3.8) is 0 Å². The highest BCUT2D eigenvalue weighted by molar-refractivity contribution is 5.27. The van der Waals surface area contributed by atoms with Crippen molar-refractivity contribution in [1.29, 1.82) is 0 Å². The third-order valence-corrected chi connectivity index (χ3v) is 3.65. The minimum atomic E-state index is 0.348. The molecule has 0 fully saturated rings. The summed E-state index contributed by atoms with van der Waals surface area (Å²) in [7, 11) is 0. The zero-order valence-electron chi connectivity index (χ0n) is 12.2. The van der Waals surface area contributed by atoms with Gasteiger partial charge in [-0.1, -0.05) is 29.7 Å². The Morgan fingerprint density at radius 3 is 2.84 bits per heavy atom. The van der Waals surface area contributed by atoms with Gasteiger partial charge in [-0.3, -0.25) is 0 Å². The Morgan fingerprint density at radius 2 is 2.26 bits per heavy atom. The second-order valence-corrected chi connectivity index (χ2v) is 5.56. The lowest BCUT2D eigenvalue weighted by atomic mass is 9.76. The second-order valence-electron chi connectivity index (χ2n) is 5.56. The van der Waals surface area contributed by atoms with E-state index in [4.69, 9.17) is 6.42 Å². The third-order valence-electron chi connectivity index (χ3n) is 3.65. The Balaban J connectivity index is 2.83. The molecule has 1 aliphatic carbocycles. The molecule has 0 saturated heterocycles. The molecule has 0 aromatic rings. The monoisotopic (exact) mass is 256 g/mol. The van der Waals surface area contributed by atoms with Crippen molar-refractivity contribution >= 4 is 0 Å². The van der Waals surface area contributed by atoms with Crippen molar-refractivity contribution in [1.82, 2.24) is 0 Å². The van der Waals surface area contributed by atoms with Gasteiger partial charge in [0.25, 0.3) is 0 Å². The summed E-state index contributed by atoms with van der Waals surface area (Å²) in [5.74, 6) is 3.68. The molecule has 0 aliphatic heterocycles. The van der Waals surface area contributed by atoms with Gasteiger partial charge >= 0.3 is 0 Å². The maximum absolute atomic E-state index is 10.1. The summed E-state index contributed by atoms with van der Waals surface area (Å²) in [5, 5.41) is 10.1. The molecule has 0 aromatic carbocycles. The Bertz CT molecular complexity index is 468. The molecule has 0 saturated carbocycles. The van der Waals surface area contributed by atoms with Gasteiger partial charge < -0.3 is 5.11 Å². The molecule has 2 atom stereocenters. The molecule has 0 amide bonds. The molecule has 0 unspecified atom stereocenters. The predicted octanol–water partition coefficient (Wildman–Crippen LogP) is 4.95. The standard InChI is InChI=1S/C18H24O/c1-6-7-14(4)11-17(19)12-16-10-15(5)8-9-18(16)13(2)3/h1,7,10-11,16,18-19H,2,8-9,12H2,3-5H3/b14-7-,17-11+/t16-,18+/m0/s1. The van der Waals surface area contributed by atoms with Crippen molar-refractivity contribution in [3.05, 3.63) is 47.3 Å². The summed E-state index contributed by atoms with van der Waals surface area (Å²) in [6.45, 7) is 10.2. The summed E-state index contributed by atoms with van der Waals surface area (Å²) in [6, 6.07) is 0. The predicted molar refractivity (Wildman–Crippen MR) is 82.7 cm³/mol. The molecule has 0 heterocycles. The van der Waals surface area contributed by atoms with Gasteiger partial charge in [-0.05, 0) is 63.2 Å². The Labute approximate surface area is 117 Å². The lowest BCUT2D eigenvalue weighted by molar-refractivity contribution is 0.320. The van der Waals surface area contributed by atoms with Gasteiger partial charge in [0.15, 0.2) is 0 Å². The quantitative estimate of drug-likeness (QED) is 0.327. The molecule has 0 spiro atoms. The minimum absolute atomic E-state index is 0.348. The number of terminal acetylenes is 1. The van der Waals surface area contributed by atoms with E-state index in [2.05, 4.69) is 32.4 Å². The number of hydrogen-bond donors (Lipinski definition) is 1. The number of rotatable bonds is 4. The molecular formula is C18H24O. The van der Waals surface area contributed by atoms with E-state index in [1.807, 2.05) is 6.92 Å². The van der Waals surface area contributed by atoms with Crippen molar-refractivity contribution in [3.8, 4) is 12.3 Å². The molecular weight excluding hydrogens is 232 g/mol. The summed E-state index contributed by atoms with van der Waals surface area (Å²) < 4.78 is 0. The second kappa shape index (κ2) is 7.04. The van der Waals surface area contributed by atoms with Gasteiger partial charge in [-0.25, -0.2) is 0 Å². The van der Waals surface area contributed by atoms with E-state index in [0.29, 0.717) is 24.0 Å². The normalized spacial score (nSPS) is 24.6. The van der Waals surface area contributed by atoms with Crippen LogP contribution in [0.3, 0.4) is 0 Å². The first-order chi connectivity index (χ1) is 8.93. The average molecular weight is 256 g/mol. The molecule has 1 heteroatoms. The van der Waals surface area contributed by atoms with Crippen LogP contribution in [0.15, 0.2) is 47.3 Å². The Hall–Kier alpha value is -1.68. The largest absolute Gasteiger partial charge is 0.512 e. The highest BCUT2D eigenvalue weighted by Gasteiger charge is 2.24. The summed E-state index contributed by atoms with van der Waals surface area (Å²) in [6.07, 6.45) is 13.8. The van der Waals surface area contributed by atoms with Crippen molar-refractivity contribution in [2.24, 2.45) is 11.8 Å². The van der Waals surface area contributed by atoms with E-state index < -0.39 is 0 Å². The SMILES string of the molecule is C#C/C=C(C)\C=C(\O)C[C@@H]1C=C(C)CC[C@@H]1C(=C)C. The zero-order valence-corrected chi connectivity index (χ0v) is 12.2. The van der Waals surface area contributed by atoms with E-state index >= 15 is 0 Å². The molecule has 102 valence electrons. The smallest absolute Gasteiger partial charge is 0.0931 e. The van der Waals surface area contributed by atoms with Crippen LogP contribution in [-0.2, 0) is 0 Å². The third kappa shape index (κ3) is 4.83. The zero-order chi connectivity index (χ0) is 14.4. The van der Waals surface area contributed by atoms with Gasteiger partial charge in [-0.2, -0.15) is 0 Å². The first-order valence-corrected chi connectivity index (χ1v) is 6.79. The number of hydrogen-bond acceptors (Lipinski definition) is 1. The Kier molecular flexibility index (Phi) is 5.70. The topological polar surface area (TPSA) is 20.2 Å². The maximum Gasteiger partial charge on any atom is 0.0931 e. The molecule has 1 rings (SSSR count). The van der Waals surface area contributed by atoms with Crippen LogP contribution >= 0.6 is 0 Å². The van der Waals surface area contributed by atoms with Crippen LogP contribution < -0.4 is 0 Å². The van der Waals surface area contributed by atoms with Gasteiger partial charge in [-0.15, -0.1) is 6.42 Å². The highest BCUT2D eigenvalue weighted by Crippen LogP contribution is 2.36. The maximum atomic E-state index is 10.1. The lowest BCUT2D eigenvalue weighted by Crippen LogP contribution is -2.19. The molecule has 19 heavy (non-hydrogen) atoms. The van der Waals surface area contributed by atoms with E-state index in [1.54, 1.807) is 12.2 Å². The van der Waals surface area contributed by atoms with E-state index in [9.17, 15) is 5.11 Å². The van der Waals surface area contributed by atoms with E-state index in [1.165, 1.54) is 11.1 Å². The Morgan fingerprint density at radius 1 is 1.58 bits per heavy atom.